The van der Waals surface area contributed by atoms with Crippen LogP contribution in [0.25, 0.3) is 10.8 Å². The summed E-state index contributed by atoms with van der Waals surface area (Å²) in [6, 6.07) is 18.8. The Morgan fingerprint density at radius 1 is 1.05 bits per heavy atom. The number of carbonyl (C=O) groups excluding carboxylic acids is 1. The number of nitrogens with one attached hydrogen (secondary N) is 1. The number of methoxy groups -OCH3 is 1. The van der Waals surface area contributed by atoms with Crippen LogP contribution in [0.15, 0.2) is 72.9 Å². The van der Waals surface area contributed by atoms with E-state index in [2.05, 4.69) is 40.7 Å². The van der Waals surface area contributed by atoms with E-state index in [4.69, 9.17) is 4.74 Å². The van der Waals surface area contributed by atoms with Gasteiger partial charge in [0, 0.05) is 12.8 Å². The van der Waals surface area contributed by atoms with Crippen molar-refractivity contribution in [3.63, 3.8) is 0 Å². The number of aromatic nitrogens is 2. The quantitative estimate of drug-likeness (QED) is 0.255. The van der Waals surface area contributed by atoms with Crippen LogP contribution in [0.1, 0.15) is 60.3 Å². The number of rotatable bonds is 7. The molecule has 4 aromatic rings. The molecule has 0 bridgehead atoms. The maximum absolute atomic E-state index is 14.1. The smallest absolute Gasteiger partial charge is 0.410 e. The van der Waals surface area contributed by atoms with Gasteiger partial charge in [-0.15, -0.1) is 0 Å². The lowest BCUT2D eigenvalue weighted by Gasteiger charge is -2.34. The summed E-state index contributed by atoms with van der Waals surface area (Å²) in [4.78, 5) is 13.5. The Labute approximate surface area is 219 Å². The van der Waals surface area contributed by atoms with Crippen LogP contribution in [0, 0.1) is 5.41 Å². The van der Waals surface area contributed by atoms with E-state index in [-0.39, 0.29) is 30.0 Å². The number of fused-ring (bicyclic) bond motifs is 2. The van der Waals surface area contributed by atoms with Crippen LogP contribution in [0.3, 0.4) is 0 Å². The van der Waals surface area contributed by atoms with Crippen molar-refractivity contribution >= 4 is 22.4 Å². The molecular weight excluding hydrogens is 491 g/mol. The number of Topliss-reactive ketones (excluding diaryl/α,β-unsaturated/α-hetero) is 1. The van der Waals surface area contributed by atoms with Crippen LogP contribution in [-0.4, -0.2) is 28.8 Å². The number of ether oxygens (including phenoxy) is 1. The molecule has 8 heteroatoms. The van der Waals surface area contributed by atoms with Crippen LogP contribution in [0.2, 0.25) is 0 Å². The first kappa shape index (κ1) is 25.8. The molecule has 1 N–H and O–H groups in total. The van der Waals surface area contributed by atoms with E-state index >= 15 is 0 Å². The van der Waals surface area contributed by atoms with Gasteiger partial charge in [-0.2, -0.15) is 18.3 Å². The fourth-order valence-corrected chi connectivity index (χ4v) is 5.32. The predicted octanol–water partition coefficient (Wildman–Crippen LogP) is 7.55. The number of carbonyl (C=O) groups is 1. The first-order valence-corrected chi connectivity index (χ1v) is 12.6. The van der Waals surface area contributed by atoms with Crippen LogP contribution < -0.4 is 10.1 Å². The third-order valence-electron chi connectivity index (χ3n) is 7.19. The molecule has 1 aliphatic rings. The van der Waals surface area contributed by atoms with Gasteiger partial charge < -0.3 is 10.1 Å². The zero-order valence-corrected chi connectivity index (χ0v) is 21.5. The first-order chi connectivity index (χ1) is 18.0. The molecule has 38 heavy (non-hydrogen) atoms. The highest BCUT2D eigenvalue weighted by Crippen LogP contribution is 2.45. The Morgan fingerprint density at radius 2 is 1.76 bits per heavy atom. The summed E-state index contributed by atoms with van der Waals surface area (Å²) in [5, 5.41) is 9.48. The van der Waals surface area contributed by atoms with E-state index in [9.17, 15) is 18.0 Å². The van der Waals surface area contributed by atoms with Gasteiger partial charge in [-0.3, -0.25) is 4.79 Å². The molecule has 0 aliphatic carbocycles. The highest BCUT2D eigenvalue weighted by Gasteiger charge is 2.47. The van der Waals surface area contributed by atoms with Crippen molar-refractivity contribution in [1.82, 2.24) is 9.78 Å². The van der Waals surface area contributed by atoms with E-state index in [0.717, 1.165) is 21.0 Å². The van der Waals surface area contributed by atoms with Crippen molar-refractivity contribution < 1.29 is 22.7 Å². The second-order valence-electron chi connectivity index (χ2n) is 10.7. The van der Waals surface area contributed by atoms with Gasteiger partial charge in [0.1, 0.15) is 11.6 Å². The van der Waals surface area contributed by atoms with Crippen molar-refractivity contribution in [3.8, 4) is 5.75 Å². The van der Waals surface area contributed by atoms with Gasteiger partial charge in [0.2, 0.25) is 0 Å². The molecule has 1 aromatic heterocycles. The Hall–Kier alpha value is -3.81. The summed E-state index contributed by atoms with van der Waals surface area (Å²) in [6.07, 6.45) is -2.65. The SMILES string of the molecule is COc1ccc(C2CC(C(F)(F)F)n3ncc(C(=O)CC(C)(C)Cc4ccc5ccccc5c4)c3N2)cc1. The van der Waals surface area contributed by atoms with E-state index in [1.165, 1.54) is 13.3 Å². The molecule has 3 aromatic carbocycles. The molecule has 0 spiro atoms. The molecule has 2 heterocycles. The van der Waals surface area contributed by atoms with Gasteiger partial charge in [-0.05, 0) is 45.9 Å². The minimum Gasteiger partial charge on any atom is -0.497 e. The second-order valence-corrected chi connectivity index (χ2v) is 10.7. The lowest BCUT2D eigenvalue weighted by atomic mass is 9.80. The third kappa shape index (κ3) is 5.26. The van der Waals surface area contributed by atoms with E-state index in [0.29, 0.717) is 17.7 Å². The topological polar surface area (TPSA) is 56.2 Å². The molecule has 2 atom stereocenters. The monoisotopic (exact) mass is 521 g/mol. The average Bonchev–Trinajstić information content (AvgIpc) is 3.31. The number of anilines is 1. The van der Waals surface area contributed by atoms with Crippen LogP contribution in [-0.2, 0) is 6.42 Å². The Bertz CT molecular complexity index is 1460. The summed E-state index contributed by atoms with van der Waals surface area (Å²) < 4.78 is 48.3. The van der Waals surface area contributed by atoms with Crippen LogP contribution in [0.4, 0.5) is 19.0 Å². The fourth-order valence-electron chi connectivity index (χ4n) is 5.32. The van der Waals surface area contributed by atoms with E-state index in [1.807, 2.05) is 26.0 Å². The van der Waals surface area contributed by atoms with Gasteiger partial charge in [-0.25, -0.2) is 4.68 Å². The molecule has 5 nitrogen and oxygen atoms in total. The summed E-state index contributed by atoms with van der Waals surface area (Å²) in [6.45, 7) is 4.00. The normalized spacial score (nSPS) is 17.6. The summed E-state index contributed by atoms with van der Waals surface area (Å²) in [5.41, 5.74) is 1.56. The average molecular weight is 522 g/mol. The Kier molecular flexibility index (Phi) is 6.67. The zero-order chi connectivity index (χ0) is 27.1. The fraction of sp³-hybridized carbons (Fsp3) is 0.333. The number of hydrogen-bond acceptors (Lipinski definition) is 4. The van der Waals surface area contributed by atoms with Crippen molar-refractivity contribution in [2.75, 3.05) is 12.4 Å². The molecule has 2 unspecified atom stereocenters. The van der Waals surface area contributed by atoms with Gasteiger partial charge in [0.15, 0.2) is 11.8 Å². The number of nitrogens with zero attached hydrogens (tertiary/aromatic N) is 2. The van der Waals surface area contributed by atoms with Crippen LogP contribution >= 0.6 is 0 Å². The van der Waals surface area contributed by atoms with Crippen LogP contribution in [0.5, 0.6) is 5.75 Å². The molecular formula is C30H30F3N3O2. The second kappa shape index (κ2) is 9.82. The largest absolute Gasteiger partial charge is 0.497 e. The molecule has 0 radical (unpaired) electrons. The molecule has 0 fully saturated rings. The lowest BCUT2D eigenvalue weighted by Crippen LogP contribution is -2.36. The zero-order valence-electron chi connectivity index (χ0n) is 21.5. The van der Waals surface area contributed by atoms with Gasteiger partial charge in [0.05, 0.1) is 24.9 Å². The third-order valence-corrected chi connectivity index (χ3v) is 7.19. The molecule has 198 valence electrons. The number of hydrogen-bond donors (Lipinski definition) is 1. The molecule has 1 aliphatic heterocycles. The molecule has 5 rings (SSSR count). The Morgan fingerprint density at radius 3 is 2.45 bits per heavy atom. The maximum Gasteiger partial charge on any atom is 0.410 e. The molecule has 0 amide bonds. The van der Waals surface area contributed by atoms with E-state index in [1.54, 1.807) is 24.3 Å². The molecule has 0 saturated heterocycles. The summed E-state index contributed by atoms with van der Waals surface area (Å²) >= 11 is 0. The highest BCUT2D eigenvalue weighted by molar-refractivity contribution is 6.01. The van der Waals surface area contributed by atoms with E-state index < -0.39 is 23.7 Å². The summed E-state index contributed by atoms with van der Waals surface area (Å²) in [5.74, 6) is 0.498. The highest BCUT2D eigenvalue weighted by atomic mass is 19.4. The first-order valence-electron chi connectivity index (χ1n) is 12.6. The minimum atomic E-state index is -4.51. The lowest BCUT2D eigenvalue weighted by molar-refractivity contribution is -0.173. The van der Waals surface area contributed by atoms with Crippen molar-refractivity contribution in [3.05, 3.63) is 89.6 Å². The van der Waals surface area contributed by atoms with Gasteiger partial charge in [-0.1, -0.05) is 68.4 Å². The minimum absolute atomic E-state index is 0.117. The van der Waals surface area contributed by atoms with Crippen molar-refractivity contribution in [1.29, 1.82) is 0 Å². The Balaban J connectivity index is 1.39. The van der Waals surface area contributed by atoms with Gasteiger partial charge >= 0.3 is 6.18 Å². The maximum atomic E-state index is 14.1. The number of benzene rings is 3. The number of halogens is 3. The van der Waals surface area contributed by atoms with Crippen molar-refractivity contribution in [2.24, 2.45) is 5.41 Å². The van der Waals surface area contributed by atoms with Gasteiger partial charge in [0.25, 0.3) is 0 Å². The standard InChI is InChI=1S/C30H30F3N3O2/c1-29(2,16-19-8-9-20-6-4-5-7-22(20)14-19)17-26(37)24-18-34-36-27(30(31,32)33)15-25(35-28(24)36)21-10-12-23(38-3)13-11-21/h4-14,18,25,27,35H,15-17H2,1-3H3. The van der Waals surface area contributed by atoms with Crippen molar-refractivity contribution in [2.45, 2.75) is 51.4 Å². The number of alkyl halides is 3. The summed E-state index contributed by atoms with van der Waals surface area (Å²) in [7, 11) is 1.53. The molecule has 0 saturated carbocycles. The predicted molar refractivity (Wildman–Crippen MR) is 142 cm³/mol. The number of ketones is 1.